The summed E-state index contributed by atoms with van der Waals surface area (Å²) in [5, 5.41) is 8.77. The summed E-state index contributed by atoms with van der Waals surface area (Å²) in [6.45, 7) is 2.76. The Morgan fingerprint density at radius 2 is 2.05 bits per heavy atom. The number of benzene rings is 1. The third-order valence-electron chi connectivity index (χ3n) is 3.66. The lowest BCUT2D eigenvalue weighted by Crippen LogP contribution is -2.46. The zero-order valence-electron chi connectivity index (χ0n) is 11.2. The molecule has 1 saturated heterocycles. The number of hydrogen-bond donors (Lipinski definition) is 2. The minimum atomic E-state index is -0.714. The van der Waals surface area contributed by atoms with Gasteiger partial charge < -0.3 is 10.8 Å². The number of carboxylic acids is 1. The van der Waals surface area contributed by atoms with Crippen LogP contribution in [0, 0.1) is 5.92 Å². The summed E-state index contributed by atoms with van der Waals surface area (Å²) in [5.74, 6) is -0.308. The first-order chi connectivity index (χ1) is 9.13. The van der Waals surface area contributed by atoms with Gasteiger partial charge >= 0.3 is 5.97 Å². The van der Waals surface area contributed by atoms with Gasteiger partial charge in [-0.2, -0.15) is 0 Å². The average molecular weight is 262 g/mol. The van der Waals surface area contributed by atoms with Gasteiger partial charge in [-0.15, -0.1) is 0 Å². The molecule has 0 saturated carbocycles. The van der Waals surface area contributed by atoms with E-state index in [1.54, 1.807) is 0 Å². The third kappa shape index (κ3) is 4.65. The van der Waals surface area contributed by atoms with Gasteiger partial charge in [-0.05, 0) is 24.3 Å². The van der Waals surface area contributed by atoms with Crippen LogP contribution < -0.4 is 5.73 Å². The number of likely N-dealkylation sites (tertiary alicyclic amines) is 1. The van der Waals surface area contributed by atoms with E-state index in [4.69, 9.17) is 10.8 Å². The molecule has 19 heavy (non-hydrogen) atoms. The SMILES string of the molecule is NC1CC(CCC(=O)O)CN(Cc2ccccc2)C1. The zero-order chi connectivity index (χ0) is 13.7. The van der Waals surface area contributed by atoms with Crippen LogP contribution in [0.5, 0.6) is 0 Å². The van der Waals surface area contributed by atoms with Crippen molar-refractivity contribution >= 4 is 5.97 Å². The van der Waals surface area contributed by atoms with Gasteiger partial charge in [0.2, 0.25) is 0 Å². The van der Waals surface area contributed by atoms with E-state index in [-0.39, 0.29) is 12.5 Å². The second-order valence-electron chi connectivity index (χ2n) is 5.47. The average Bonchev–Trinajstić information content (AvgIpc) is 2.37. The van der Waals surface area contributed by atoms with Crippen molar-refractivity contribution in [3.05, 3.63) is 35.9 Å². The number of nitrogens with zero attached hydrogens (tertiary/aromatic N) is 1. The second-order valence-corrected chi connectivity index (χ2v) is 5.47. The second kappa shape index (κ2) is 6.68. The van der Waals surface area contributed by atoms with Gasteiger partial charge in [-0.1, -0.05) is 30.3 Å². The smallest absolute Gasteiger partial charge is 0.303 e. The van der Waals surface area contributed by atoms with E-state index < -0.39 is 5.97 Å². The summed E-state index contributed by atoms with van der Waals surface area (Å²) < 4.78 is 0. The molecule has 0 amide bonds. The summed E-state index contributed by atoms with van der Waals surface area (Å²) >= 11 is 0. The highest BCUT2D eigenvalue weighted by atomic mass is 16.4. The molecule has 2 unspecified atom stereocenters. The van der Waals surface area contributed by atoms with Crippen molar-refractivity contribution in [3.8, 4) is 0 Å². The van der Waals surface area contributed by atoms with E-state index in [9.17, 15) is 4.79 Å². The molecule has 0 radical (unpaired) electrons. The summed E-state index contributed by atoms with van der Waals surface area (Å²) in [6.07, 6.45) is 1.92. The lowest BCUT2D eigenvalue weighted by molar-refractivity contribution is -0.137. The lowest BCUT2D eigenvalue weighted by atomic mass is 9.90. The Morgan fingerprint density at radius 1 is 1.32 bits per heavy atom. The Balaban J connectivity index is 1.88. The highest BCUT2D eigenvalue weighted by Crippen LogP contribution is 2.22. The van der Waals surface area contributed by atoms with Gasteiger partial charge in [0.05, 0.1) is 0 Å². The fourth-order valence-electron chi connectivity index (χ4n) is 2.86. The van der Waals surface area contributed by atoms with Gasteiger partial charge in [-0.25, -0.2) is 0 Å². The molecule has 1 aromatic carbocycles. The van der Waals surface area contributed by atoms with Crippen molar-refractivity contribution in [1.82, 2.24) is 4.90 Å². The molecule has 2 atom stereocenters. The predicted octanol–water partition coefficient (Wildman–Crippen LogP) is 1.70. The van der Waals surface area contributed by atoms with Gasteiger partial charge in [0.25, 0.3) is 0 Å². The van der Waals surface area contributed by atoms with Crippen LogP contribution in [-0.2, 0) is 11.3 Å². The van der Waals surface area contributed by atoms with Gasteiger partial charge in [0.1, 0.15) is 0 Å². The molecule has 1 aromatic rings. The van der Waals surface area contributed by atoms with Gasteiger partial charge in [0, 0.05) is 32.1 Å². The number of aliphatic carboxylic acids is 1. The molecule has 4 nitrogen and oxygen atoms in total. The van der Waals surface area contributed by atoms with Crippen molar-refractivity contribution in [2.24, 2.45) is 11.7 Å². The molecule has 1 fully saturated rings. The number of carboxylic acid groups (broad SMARTS) is 1. The maximum Gasteiger partial charge on any atom is 0.303 e. The lowest BCUT2D eigenvalue weighted by Gasteiger charge is -2.36. The quantitative estimate of drug-likeness (QED) is 0.847. The minimum absolute atomic E-state index is 0.163. The standard InChI is InChI=1S/C15H22N2O2/c16-14-8-13(6-7-15(18)19)10-17(11-14)9-12-4-2-1-3-5-12/h1-5,13-14H,6-11,16H2,(H,18,19). The number of rotatable bonds is 5. The van der Waals surface area contributed by atoms with Crippen molar-refractivity contribution < 1.29 is 9.90 Å². The van der Waals surface area contributed by atoms with Crippen LogP contribution in [-0.4, -0.2) is 35.1 Å². The Labute approximate surface area is 114 Å². The van der Waals surface area contributed by atoms with E-state index >= 15 is 0 Å². The fourth-order valence-corrected chi connectivity index (χ4v) is 2.86. The van der Waals surface area contributed by atoms with Crippen molar-refractivity contribution in [2.75, 3.05) is 13.1 Å². The molecule has 0 aliphatic carbocycles. The molecule has 0 aromatic heterocycles. The summed E-state index contributed by atoms with van der Waals surface area (Å²) in [4.78, 5) is 13.0. The topological polar surface area (TPSA) is 66.6 Å². The molecule has 3 N–H and O–H groups in total. The first-order valence-corrected chi connectivity index (χ1v) is 6.87. The van der Waals surface area contributed by atoms with Gasteiger partial charge in [0.15, 0.2) is 0 Å². The maximum atomic E-state index is 10.7. The Bertz CT molecular complexity index is 408. The predicted molar refractivity (Wildman–Crippen MR) is 74.7 cm³/mol. The Kier molecular flexibility index (Phi) is 4.93. The molecule has 104 valence electrons. The molecular formula is C15H22N2O2. The van der Waals surface area contributed by atoms with Crippen LogP contribution in [0.3, 0.4) is 0 Å². The van der Waals surface area contributed by atoms with Crippen LogP contribution in [0.2, 0.25) is 0 Å². The monoisotopic (exact) mass is 262 g/mol. The molecule has 0 spiro atoms. The zero-order valence-corrected chi connectivity index (χ0v) is 11.2. The van der Waals surface area contributed by atoms with E-state index in [1.807, 2.05) is 18.2 Å². The molecule has 1 aliphatic heterocycles. The third-order valence-corrected chi connectivity index (χ3v) is 3.66. The van der Waals surface area contributed by atoms with E-state index in [2.05, 4.69) is 17.0 Å². The normalized spacial score (nSPS) is 24.3. The molecule has 4 heteroatoms. The number of nitrogens with two attached hydrogens (primary N) is 1. The first-order valence-electron chi connectivity index (χ1n) is 6.87. The highest BCUT2D eigenvalue weighted by Gasteiger charge is 2.25. The Morgan fingerprint density at radius 3 is 2.74 bits per heavy atom. The molecule has 0 bridgehead atoms. The van der Waals surface area contributed by atoms with Crippen molar-refractivity contribution in [3.63, 3.8) is 0 Å². The van der Waals surface area contributed by atoms with Crippen LogP contribution >= 0.6 is 0 Å². The molecule has 1 aliphatic rings. The Hall–Kier alpha value is -1.39. The highest BCUT2D eigenvalue weighted by molar-refractivity contribution is 5.66. The molecule has 2 rings (SSSR count). The number of piperidine rings is 1. The van der Waals surface area contributed by atoms with Crippen LogP contribution in [0.1, 0.15) is 24.8 Å². The van der Waals surface area contributed by atoms with Crippen molar-refractivity contribution in [2.45, 2.75) is 31.8 Å². The summed E-state index contributed by atoms with van der Waals surface area (Å²) in [5.41, 5.74) is 7.37. The van der Waals surface area contributed by atoms with Crippen LogP contribution in [0.25, 0.3) is 0 Å². The molecular weight excluding hydrogens is 240 g/mol. The van der Waals surface area contributed by atoms with Crippen molar-refractivity contribution in [1.29, 1.82) is 0 Å². The fraction of sp³-hybridized carbons (Fsp3) is 0.533. The minimum Gasteiger partial charge on any atom is -0.481 e. The van der Waals surface area contributed by atoms with E-state index in [0.29, 0.717) is 5.92 Å². The van der Waals surface area contributed by atoms with E-state index in [1.165, 1.54) is 5.56 Å². The number of carbonyl (C=O) groups is 1. The van der Waals surface area contributed by atoms with E-state index in [0.717, 1.165) is 32.5 Å². The maximum absolute atomic E-state index is 10.7. The molecule has 1 heterocycles. The summed E-state index contributed by atoms with van der Waals surface area (Å²) in [6, 6.07) is 10.5. The van der Waals surface area contributed by atoms with Gasteiger partial charge in [-0.3, -0.25) is 9.69 Å². The van der Waals surface area contributed by atoms with Crippen LogP contribution in [0.4, 0.5) is 0 Å². The van der Waals surface area contributed by atoms with Crippen LogP contribution in [0.15, 0.2) is 30.3 Å². The largest absolute Gasteiger partial charge is 0.481 e. The first kappa shape index (κ1) is 14.0. The number of hydrogen-bond acceptors (Lipinski definition) is 3. The summed E-state index contributed by atoms with van der Waals surface area (Å²) in [7, 11) is 0.